The molecule has 0 heterocycles. The molecule has 0 spiro atoms. The maximum absolute atomic E-state index is 12.4. The van der Waals surface area contributed by atoms with Crippen LogP contribution in [0.15, 0.2) is 47.4 Å². The smallest absolute Gasteiger partial charge is 0.307 e. The Balaban J connectivity index is 1.83. The number of amides is 1. The van der Waals surface area contributed by atoms with Gasteiger partial charge in [-0.05, 0) is 29.8 Å². The Morgan fingerprint density at radius 2 is 1.79 bits per heavy atom. The molecule has 28 heavy (non-hydrogen) atoms. The van der Waals surface area contributed by atoms with Crippen LogP contribution in [0.5, 0.6) is 0 Å². The molecule has 0 bridgehead atoms. The van der Waals surface area contributed by atoms with E-state index in [0.29, 0.717) is 13.2 Å². The number of benzene rings is 2. The van der Waals surface area contributed by atoms with Crippen LogP contribution in [-0.2, 0) is 29.1 Å². The summed E-state index contributed by atoms with van der Waals surface area (Å²) in [5.74, 6) is -1.11. The minimum Gasteiger partial charge on any atom is -0.453 e. The number of hydrogen-bond donors (Lipinski definition) is 2. The summed E-state index contributed by atoms with van der Waals surface area (Å²) in [6.07, 6.45) is -1.16. The minimum atomic E-state index is -3.76. The number of carbonyl (C=O) groups is 2. The second-order valence-electron chi connectivity index (χ2n) is 6.07. The van der Waals surface area contributed by atoms with Gasteiger partial charge in [-0.3, -0.25) is 9.59 Å². The molecule has 2 N–H and O–H groups in total. The average Bonchev–Trinajstić information content (AvgIpc) is 2.67. The van der Waals surface area contributed by atoms with E-state index >= 15 is 0 Å². The minimum absolute atomic E-state index is 0.116. The topological polar surface area (TPSA) is 111 Å². The quantitative estimate of drug-likeness (QED) is 0.451. The molecule has 0 radical (unpaired) electrons. The molecule has 0 fully saturated rings. The van der Waals surface area contributed by atoms with Gasteiger partial charge in [0, 0.05) is 20.2 Å². The number of esters is 1. The first kappa shape index (κ1) is 21.8. The fourth-order valence-electron chi connectivity index (χ4n) is 2.43. The third kappa shape index (κ3) is 6.29. The van der Waals surface area contributed by atoms with Crippen molar-refractivity contribution < 1.29 is 27.5 Å². The monoisotopic (exact) mass is 408 g/mol. The van der Waals surface area contributed by atoms with E-state index in [9.17, 15) is 18.0 Å². The first-order valence-corrected chi connectivity index (χ1v) is 10.3. The highest BCUT2D eigenvalue weighted by Crippen LogP contribution is 2.18. The van der Waals surface area contributed by atoms with E-state index in [2.05, 4.69) is 10.0 Å². The molecular formula is C19H24N2O6S. The van der Waals surface area contributed by atoms with Crippen molar-refractivity contribution in [2.45, 2.75) is 24.3 Å². The zero-order valence-electron chi connectivity index (χ0n) is 15.8. The second-order valence-corrected chi connectivity index (χ2v) is 7.84. The molecule has 2 aromatic carbocycles. The van der Waals surface area contributed by atoms with Gasteiger partial charge >= 0.3 is 5.97 Å². The van der Waals surface area contributed by atoms with Crippen LogP contribution in [0.1, 0.15) is 13.3 Å². The molecule has 0 aromatic heterocycles. The third-order valence-corrected chi connectivity index (χ3v) is 5.39. The highest BCUT2D eigenvalue weighted by molar-refractivity contribution is 7.89. The Labute approximate surface area is 164 Å². The van der Waals surface area contributed by atoms with Crippen LogP contribution >= 0.6 is 0 Å². The first-order valence-electron chi connectivity index (χ1n) is 8.78. The SMILES string of the molecule is COCCNC(=O)[C@H](C)OC(=O)CCNS(=O)(=O)c1ccc2ccccc2c1. The summed E-state index contributed by atoms with van der Waals surface area (Å²) in [4.78, 5) is 23.7. The number of carbonyl (C=O) groups excluding carboxylic acids is 2. The molecule has 0 aliphatic heterocycles. The predicted molar refractivity (Wildman–Crippen MR) is 104 cm³/mol. The summed E-state index contributed by atoms with van der Waals surface area (Å²) in [5.41, 5.74) is 0. The first-order chi connectivity index (χ1) is 13.3. The number of nitrogens with one attached hydrogen (secondary N) is 2. The van der Waals surface area contributed by atoms with Crippen molar-refractivity contribution in [1.82, 2.24) is 10.0 Å². The molecule has 0 unspecified atom stereocenters. The number of hydrogen-bond acceptors (Lipinski definition) is 6. The van der Waals surface area contributed by atoms with Gasteiger partial charge in [0.1, 0.15) is 0 Å². The summed E-state index contributed by atoms with van der Waals surface area (Å²) >= 11 is 0. The maximum Gasteiger partial charge on any atom is 0.307 e. The second kappa shape index (κ2) is 10.2. The number of rotatable bonds is 10. The van der Waals surface area contributed by atoms with E-state index in [4.69, 9.17) is 9.47 Å². The van der Waals surface area contributed by atoms with Crippen molar-refractivity contribution in [3.8, 4) is 0 Å². The Kier molecular flexibility index (Phi) is 7.91. The predicted octanol–water partition coefficient (Wildman–Crippen LogP) is 1.20. The summed E-state index contributed by atoms with van der Waals surface area (Å²) in [5, 5.41) is 4.29. The van der Waals surface area contributed by atoms with E-state index in [1.807, 2.05) is 24.3 Å². The zero-order valence-corrected chi connectivity index (χ0v) is 16.6. The van der Waals surface area contributed by atoms with Crippen molar-refractivity contribution >= 4 is 32.7 Å². The fraction of sp³-hybridized carbons (Fsp3) is 0.368. The van der Waals surface area contributed by atoms with Crippen LogP contribution in [0, 0.1) is 0 Å². The lowest BCUT2D eigenvalue weighted by molar-refractivity contribution is -0.154. The highest BCUT2D eigenvalue weighted by Gasteiger charge is 2.19. The molecule has 2 rings (SSSR count). The van der Waals surface area contributed by atoms with Crippen LogP contribution in [0.4, 0.5) is 0 Å². The Morgan fingerprint density at radius 3 is 2.50 bits per heavy atom. The molecule has 1 amide bonds. The van der Waals surface area contributed by atoms with E-state index in [1.54, 1.807) is 12.1 Å². The van der Waals surface area contributed by atoms with Crippen molar-refractivity contribution in [2.75, 3.05) is 26.8 Å². The van der Waals surface area contributed by atoms with E-state index in [0.717, 1.165) is 10.8 Å². The van der Waals surface area contributed by atoms with E-state index in [1.165, 1.54) is 20.1 Å². The van der Waals surface area contributed by atoms with Gasteiger partial charge < -0.3 is 14.8 Å². The number of methoxy groups -OCH3 is 1. The van der Waals surface area contributed by atoms with Gasteiger partial charge in [-0.25, -0.2) is 13.1 Å². The fourth-order valence-corrected chi connectivity index (χ4v) is 3.50. The number of ether oxygens (including phenoxy) is 2. The van der Waals surface area contributed by atoms with Crippen molar-refractivity contribution in [2.24, 2.45) is 0 Å². The standard InChI is InChI=1S/C19H24N2O6S/c1-14(19(23)20-11-12-26-2)27-18(22)9-10-21-28(24,25)17-8-7-15-5-3-4-6-16(15)13-17/h3-8,13-14,21H,9-12H2,1-2H3,(H,20,23)/t14-/m0/s1. The van der Waals surface area contributed by atoms with Crippen molar-refractivity contribution in [3.05, 3.63) is 42.5 Å². The number of fused-ring (bicyclic) bond motifs is 1. The number of sulfonamides is 1. The van der Waals surface area contributed by atoms with E-state index < -0.39 is 28.0 Å². The van der Waals surface area contributed by atoms with E-state index in [-0.39, 0.29) is 17.9 Å². The summed E-state index contributed by atoms with van der Waals surface area (Å²) < 4.78 is 37.0. The van der Waals surface area contributed by atoms with Gasteiger partial charge in [-0.1, -0.05) is 30.3 Å². The summed E-state index contributed by atoms with van der Waals surface area (Å²) in [7, 11) is -2.25. The molecule has 0 aliphatic rings. The van der Waals surface area contributed by atoms with Gasteiger partial charge in [0.25, 0.3) is 5.91 Å². The lowest BCUT2D eigenvalue weighted by atomic mass is 10.1. The molecule has 152 valence electrons. The lowest BCUT2D eigenvalue weighted by Crippen LogP contribution is -2.38. The lowest BCUT2D eigenvalue weighted by Gasteiger charge is -2.13. The molecular weight excluding hydrogens is 384 g/mol. The van der Waals surface area contributed by atoms with Crippen LogP contribution in [0.2, 0.25) is 0 Å². The van der Waals surface area contributed by atoms with Gasteiger partial charge in [-0.15, -0.1) is 0 Å². The van der Waals surface area contributed by atoms with Crippen LogP contribution < -0.4 is 10.0 Å². The largest absolute Gasteiger partial charge is 0.453 e. The van der Waals surface area contributed by atoms with Gasteiger partial charge in [-0.2, -0.15) is 0 Å². The summed E-state index contributed by atoms with van der Waals surface area (Å²) in [6, 6.07) is 12.2. The van der Waals surface area contributed by atoms with Crippen LogP contribution in [-0.4, -0.2) is 53.2 Å². The third-order valence-electron chi connectivity index (χ3n) is 3.94. The van der Waals surface area contributed by atoms with Crippen molar-refractivity contribution in [3.63, 3.8) is 0 Å². The Bertz CT molecular complexity index is 929. The Morgan fingerprint density at radius 1 is 1.07 bits per heavy atom. The van der Waals surface area contributed by atoms with Crippen molar-refractivity contribution in [1.29, 1.82) is 0 Å². The molecule has 9 heteroatoms. The highest BCUT2D eigenvalue weighted by atomic mass is 32.2. The molecule has 1 atom stereocenters. The summed E-state index contributed by atoms with van der Waals surface area (Å²) in [6.45, 7) is 1.97. The maximum atomic E-state index is 12.4. The molecule has 2 aromatic rings. The van der Waals surface area contributed by atoms with Gasteiger partial charge in [0.15, 0.2) is 6.10 Å². The van der Waals surface area contributed by atoms with Crippen LogP contribution in [0.25, 0.3) is 10.8 Å². The average molecular weight is 408 g/mol. The zero-order chi connectivity index (χ0) is 20.6. The normalized spacial score (nSPS) is 12.5. The molecule has 0 saturated carbocycles. The molecule has 0 saturated heterocycles. The van der Waals surface area contributed by atoms with Gasteiger partial charge in [0.05, 0.1) is 17.9 Å². The Hall–Kier alpha value is -2.49. The molecule has 8 nitrogen and oxygen atoms in total. The van der Waals surface area contributed by atoms with Crippen LogP contribution in [0.3, 0.4) is 0 Å². The molecule has 0 aliphatic carbocycles. The van der Waals surface area contributed by atoms with Gasteiger partial charge in [0.2, 0.25) is 10.0 Å².